The highest BCUT2D eigenvalue weighted by Crippen LogP contribution is 2.24. The number of nitrogens with zero attached hydrogens (tertiary/aromatic N) is 1. The van der Waals surface area contributed by atoms with Gasteiger partial charge in [-0.25, -0.2) is 8.42 Å². The van der Waals surface area contributed by atoms with Crippen LogP contribution in [0.4, 0.5) is 5.69 Å². The highest BCUT2D eigenvalue weighted by Gasteiger charge is 2.30. The van der Waals surface area contributed by atoms with Gasteiger partial charge in [0.15, 0.2) is 0 Å². The molecule has 1 saturated heterocycles. The monoisotopic (exact) mass is 499 g/mol. The Morgan fingerprint density at radius 3 is 2.43 bits per heavy atom. The van der Waals surface area contributed by atoms with Gasteiger partial charge in [-0.05, 0) is 62.1 Å². The Morgan fingerprint density at radius 1 is 0.971 bits per heavy atom. The van der Waals surface area contributed by atoms with Crippen molar-refractivity contribution in [3.8, 4) is 5.75 Å². The molecule has 1 aliphatic carbocycles. The van der Waals surface area contributed by atoms with Crippen molar-refractivity contribution < 1.29 is 22.7 Å². The van der Waals surface area contributed by atoms with Crippen LogP contribution in [-0.4, -0.2) is 51.4 Å². The van der Waals surface area contributed by atoms with Crippen LogP contribution in [0.3, 0.4) is 0 Å². The van der Waals surface area contributed by atoms with Crippen LogP contribution in [0.15, 0.2) is 53.4 Å². The molecule has 188 valence electrons. The first-order valence-corrected chi connectivity index (χ1v) is 13.7. The minimum atomic E-state index is -3.80. The van der Waals surface area contributed by atoms with E-state index in [9.17, 15) is 18.0 Å². The fourth-order valence-electron chi connectivity index (χ4n) is 4.79. The van der Waals surface area contributed by atoms with Crippen LogP contribution in [0.5, 0.6) is 5.75 Å². The summed E-state index contributed by atoms with van der Waals surface area (Å²) < 4.78 is 33.0. The quantitative estimate of drug-likeness (QED) is 0.603. The van der Waals surface area contributed by atoms with Crippen molar-refractivity contribution in [2.24, 2.45) is 5.92 Å². The standard InChI is InChI=1S/C26H33N3O5S/c1-34-23-10-5-11-24(17-23)35(32,33)28-22-14-12-19(13-15-22)26(31)29-16-6-7-20(18-29)25(30)27-21-8-3-2-4-9-21/h5,10-15,17,20-21,28H,2-4,6-9,16,18H2,1H3,(H,27,30). The lowest BCUT2D eigenvalue weighted by Gasteiger charge is -2.33. The lowest BCUT2D eigenvalue weighted by molar-refractivity contribution is -0.127. The topological polar surface area (TPSA) is 105 Å². The second-order valence-electron chi connectivity index (χ2n) is 9.30. The Bertz CT molecular complexity index is 1140. The van der Waals surface area contributed by atoms with Gasteiger partial charge < -0.3 is 15.0 Å². The molecule has 8 nitrogen and oxygen atoms in total. The van der Waals surface area contributed by atoms with E-state index in [0.717, 1.165) is 38.5 Å². The zero-order chi connectivity index (χ0) is 24.8. The third-order valence-corrected chi connectivity index (χ3v) is 8.15. The van der Waals surface area contributed by atoms with Gasteiger partial charge in [-0.1, -0.05) is 25.3 Å². The molecular formula is C26H33N3O5S. The Morgan fingerprint density at radius 2 is 1.71 bits per heavy atom. The molecule has 0 radical (unpaired) electrons. The SMILES string of the molecule is COc1cccc(S(=O)(=O)Nc2ccc(C(=O)N3CCCC(C(=O)NC4CCCCC4)C3)cc2)c1. The number of carbonyl (C=O) groups is 2. The molecule has 1 saturated carbocycles. The molecule has 2 fully saturated rings. The number of likely N-dealkylation sites (tertiary alicyclic amines) is 1. The lowest BCUT2D eigenvalue weighted by Crippen LogP contribution is -2.47. The van der Waals surface area contributed by atoms with Crippen molar-refractivity contribution in [1.29, 1.82) is 0 Å². The molecule has 35 heavy (non-hydrogen) atoms. The first kappa shape index (κ1) is 25.0. The number of methoxy groups -OCH3 is 1. The van der Waals surface area contributed by atoms with E-state index >= 15 is 0 Å². The van der Waals surface area contributed by atoms with Crippen LogP contribution >= 0.6 is 0 Å². The van der Waals surface area contributed by atoms with Crippen molar-refractivity contribution in [2.75, 3.05) is 24.9 Å². The second kappa shape index (κ2) is 11.1. The Balaban J connectivity index is 1.36. The molecule has 1 unspecified atom stereocenters. The summed E-state index contributed by atoms with van der Waals surface area (Å²) in [6, 6.07) is 12.8. The summed E-state index contributed by atoms with van der Waals surface area (Å²) in [6.07, 6.45) is 7.20. The third kappa shape index (κ3) is 6.33. The summed E-state index contributed by atoms with van der Waals surface area (Å²) >= 11 is 0. The van der Waals surface area contributed by atoms with Crippen LogP contribution in [0.1, 0.15) is 55.3 Å². The maximum absolute atomic E-state index is 13.1. The summed E-state index contributed by atoms with van der Waals surface area (Å²) in [5, 5.41) is 3.19. The molecule has 0 aromatic heterocycles. The number of nitrogens with one attached hydrogen (secondary N) is 2. The Labute approximate surface area is 207 Å². The summed E-state index contributed by atoms with van der Waals surface area (Å²) in [5.74, 6) is 0.156. The normalized spacial score (nSPS) is 19.1. The molecule has 1 atom stereocenters. The number of ether oxygens (including phenoxy) is 1. The van der Waals surface area contributed by atoms with E-state index in [2.05, 4.69) is 10.0 Å². The van der Waals surface area contributed by atoms with Gasteiger partial charge >= 0.3 is 0 Å². The predicted octanol–water partition coefficient (Wildman–Crippen LogP) is 3.80. The predicted molar refractivity (Wildman–Crippen MR) is 134 cm³/mol. The molecule has 2 N–H and O–H groups in total. The number of sulfonamides is 1. The maximum Gasteiger partial charge on any atom is 0.262 e. The number of benzene rings is 2. The van der Waals surface area contributed by atoms with Crippen LogP contribution in [0.25, 0.3) is 0 Å². The first-order chi connectivity index (χ1) is 16.9. The number of anilines is 1. The zero-order valence-corrected chi connectivity index (χ0v) is 20.9. The van der Waals surface area contributed by atoms with E-state index in [0.29, 0.717) is 30.1 Å². The average Bonchev–Trinajstić information content (AvgIpc) is 2.89. The summed E-state index contributed by atoms with van der Waals surface area (Å²) in [6.45, 7) is 1.01. The Hall–Kier alpha value is -3.07. The molecular weight excluding hydrogens is 466 g/mol. The molecule has 0 bridgehead atoms. The zero-order valence-electron chi connectivity index (χ0n) is 20.0. The molecule has 0 spiro atoms. The number of hydrogen-bond donors (Lipinski definition) is 2. The smallest absolute Gasteiger partial charge is 0.262 e. The van der Waals surface area contributed by atoms with Gasteiger partial charge in [0.2, 0.25) is 5.91 Å². The number of amides is 2. The fraction of sp³-hybridized carbons (Fsp3) is 0.462. The van der Waals surface area contributed by atoms with E-state index in [1.54, 1.807) is 41.3 Å². The maximum atomic E-state index is 13.1. The molecule has 2 amide bonds. The molecule has 9 heteroatoms. The number of carbonyl (C=O) groups excluding carboxylic acids is 2. The van der Waals surface area contributed by atoms with Gasteiger partial charge in [0, 0.05) is 36.4 Å². The molecule has 1 heterocycles. The van der Waals surface area contributed by atoms with E-state index in [1.165, 1.54) is 25.7 Å². The summed E-state index contributed by atoms with van der Waals surface area (Å²) in [5.41, 5.74) is 0.815. The van der Waals surface area contributed by atoms with Crippen LogP contribution in [-0.2, 0) is 14.8 Å². The van der Waals surface area contributed by atoms with Crippen molar-refractivity contribution in [3.05, 3.63) is 54.1 Å². The van der Waals surface area contributed by atoms with Crippen LogP contribution in [0, 0.1) is 5.92 Å². The van der Waals surface area contributed by atoms with Crippen molar-refractivity contribution in [2.45, 2.75) is 55.9 Å². The largest absolute Gasteiger partial charge is 0.497 e. The molecule has 2 aromatic rings. The highest BCUT2D eigenvalue weighted by atomic mass is 32.2. The second-order valence-corrected chi connectivity index (χ2v) is 11.0. The third-order valence-electron chi connectivity index (χ3n) is 6.77. The van der Waals surface area contributed by atoms with Gasteiger partial charge in [0.05, 0.1) is 17.9 Å². The summed E-state index contributed by atoms with van der Waals surface area (Å²) in [4.78, 5) is 27.7. The van der Waals surface area contributed by atoms with Gasteiger partial charge in [-0.15, -0.1) is 0 Å². The first-order valence-electron chi connectivity index (χ1n) is 12.2. The lowest BCUT2D eigenvalue weighted by atomic mass is 9.93. The van der Waals surface area contributed by atoms with Gasteiger partial charge in [0.1, 0.15) is 5.75 Å². The highest BCUT2D eigenvalue weighted by molar-refractivity contribution is 7.92. The van der Waals surface area contributed by atoms with E-state index in [4.69, 9.17) is 4.74 Å². The van der Waals surface area contributed by atoms with Gasteiger partial charge in [-0.2, -0.15) is 0 Å². The fourth-order valence-corrected chi connectivity index (χ4v) is 5.88. The molecule has 2 aromatic carbocycles. The average molecular weight is 500 g/mol. The molecule has 1 aliphatic heterocycles. The molecule has 4 rings (SSSR count). The minimum absolute atomic E-state index is 0.0525. The number of rotatable bonds is 7. The van der Waals surface area contributed by atoms with Crippen molar-refractivity contribution in [3.63, 3.8) is 0 Å². The number of hydrogen-bond acceptors (Lipinski definition) is 5. The van der Waals surface area contributed by atoms with Gasteiger partial charge in [-0.3, -0.25) is 14.3 Å². The van der Waals surface area contributed by atoms with Crippen molar-refractivity contribution >= 4 is 27.5 Å². The van der Waals surface area contributed by atoms with Gasteiger partial charge in [0.25, 0.3) is 15.9 Å². The Kier molecular flexibility index (Phi) is 7.95. The van der Waals surface area contributed by atoms with Crippen molar-refractivity contribution in [1.82, 2.24) is 10.2 Å². The van der Waals surface area contributed by atoms with Crippen LogP contribution < -0.4 is 14.8 Å². The van der Waals surface area contributed by atoms with E-state index < -0.39 is 10.0 Å². The van der Waals surface area contributed by atoms with E-state index in [-0.39, 0.29) is 28.7 Å². The minimum Gasteiger partial charge on any atom is -0.497 e. The summed E-state index contributed by atoms with van der Waals surface area (Å²) in [7, 11) is -2.32. The number of piperidine rings is 1. The van der Waals surface area contributed by atoms with E-state index in [1.807, 2.05) is 0 Å². The van der Waals surface area contributed by atoms with Crippen LogP contribution in [0.2, 0.25) is 0 Å². The molecule has 2 aliphatic rings.